The lowest BCUT2D eigenvalue weighted by Gasteiger charge is -2.19. The van der Waals surface area contributed by atoms with Crippen LogP contribution in [0.2, 0.25) is 0 Å². The summed E-state index contributed by atoms with van der Waals surface area (Å²) in [5, 5.41) is 0. The minimum Gasteiger partial charge on any atom is -0.464 e. The zero-order valence-electron chi connectivity index (χ0n) is 10.2. The molecule has 2 heterocycles. The van der Waals surface area contributed by atoms with Gasteiger partial charge in [-0.05, 0) is 12.8 Å². The van der Waals surface area contributed by atoms with E-state index in [1.165, 1.54) is 19.6 Å². The van der Waals surface area contributed by atoms with E-state index < -0.39 is 5.97 Å². The van der Waals surface area contributed by atoms with Gasteiger partial charge in [-0.1, -0.05) is 6.42 Å². The monoisotopic (exact) mass is 252 g/mol. The number of rotatable bonds is 2. The van der Waals surface area contributed by atoms with E-state index in [0.29, 0.717) is 5.69 Å². The van der Waals surface area contributed by atoms with Crippen LogP contribution in [0.3, 0.4) is 0 Å². The van der Waals surface area contributed by atoms with Gasteiger partial charge in [0.15, 0.2) is 5.69 Å². The van der Waals surface area contributed by atoms with Crippen LogP contribution in [0.5, 0.6) is 0 Å². The van der Waals surface area contributed by atoms with Gasteiger partial charge in [-0.2, -0.15) is 0 Å². The number of carbonyl (C=O) groups excluding carboxylic acids is 1. The maximum Gasteiger partial charge on any atom is 0.358 e. The van der Waals surface area contributed by atoms with Crippen molar-refractivity contribution in [2.24, 2.45) is 0 Å². The molecule has 6 heteroatoms. The van der Waals surface area contributed by atoms with Crippen LogP contribution in [0.15, 0.2) is 12.5 Å². The highest BCUT2D eigenvalue weighted by Gasteiger charge is 2.12. The molecule has 98 valence electrons. The molecular weight excluding hydrogens is 236 g/mol. The summed E-state index contributed by atoms with van der Waals surface area (Å²) < 4.78 is 14.3. The maximum atomic E-state index is 10.6. The van der Waals surface area contributed by atoms with Gasteiger partial charge in [0, 0.05) is 12.6 Å². The molecule has 1 aromatic rings. The normalized spacial score (nSPS) is 17.9. The number of aromatic amines is 1. The summed E-state index contributed by atoms with van der Waals surface area (Å²) in [6.07, 6.45) is 13.0. The molecule has 0 amide bonds. The predicted molar refractivity (Wildman–Crippen MR) is 63.4 cm³/mol. The van der Waals surface area contributed by atoms with E-state index in [1.807, 2.05) is 0 Å². The second-order valence-electron chi connectivity index (χ2n) is 3.48. The summed E-state index contributed by atoms with van der Waals surface area (Å²) in [4.78, 5) is 16.9. The Hall–Kier alpha value is -2.00. The quantitative estimate of drug-likeness (QED) is 0.634. The van der Waals surface area contributed by atoms with E-state index in [-0.39, 0.29) is 6.29 Å². The third-order valence-electron chi connectivity index (χ3n) is 2.23. The first-order chi connectivity index (χ1) is 8.77. The third-order valence-corrected chi connectivity index (χ3v) is 2.23. The highest BCUT2D eigenvalue weighted by molar-refractivity contribution is 5.86. The van der Waals surface area contributed by atoms with Crippen molar-refractivity contribution in [3.8, 4) is 12.5 Å². The number of ether oxygens (including phenoxy) is 3. The fourth-order valence-electron chi connectivity index (χ4n) is 1.36. The number of esters is 1. The Morgan fingerprint density at radius 3 is 3.00 bits per heavy atom. The zero-order chi connectivity index (χ0) is 13.2. The Labute approximate surface area is 106 Å². The lowest BCUT2D eigenvalue weighted by molar-refractivity contribution is -0.121. The number of H-pyrrole nitrogens is 1. The van der Waals surface area contributed by atoms with Crippen LogP contribution in [0.4, 0.5) is 0 Å². The van der Waals surface area contributed by atoms with Crippen molar-refractivity contribution in [2.75, 3.05) is 13.7 Å². The Morgan fingerprint density at radius 1 is 1.67 bits per heavy atom. The highest BCUT2D eigenvalue weighted by atomic mass is 16.7. The summed E-state index contributed by atoms with van der Waals surface area (Å²) >= 11 is 0. The molecule has 0 saturated carbocycles. The summed E-state index contributed by atoms with van der Waals surface area (Å²) in [5.74, 6) is -0.420. The van der Waals surface area contributed by atoms with E-state index >= 15 is 0 Å². The smallest absolute Gasteiger partial charge is 0.358 e. The lowest BCUT2D eigenvalue weighted by atomic mass is 10.2. The topological polar surface area (TPSA) is 73.4 Å². The van der Waals surface area contributed by atoms with Crippen molar-refractivity contribution in [1.29, 1.82) is 0 Å². The van der Waals surface area contributed by atoms with Gasteiger partial charge in [0.1, 0.15) is 6.11 Å². The van der Waals surface area contributed by atoms with Crippen LogP contribution in [0.25, 0.3) is 0 Å². The van der Waals surface area contributed by atoms with Gasteiger partial charge in [0.25, 0.3) is 0 Å². The molecule has 2 rings (SSSR count). The van der Waals surface area contributed by atoms with Crippen LogP contribution in [-0.2, 0) is 14.2 Å². The average molecular weight is 252 g/mol. The van der Waals surface area contributed by atoms with Crippen LogP contribution in [0.1, 0.15) is 29.8 Å². The first-order valence-corrected chi connectivity index (χ1v) is 5.58. The zero-order valence-corrected chi connectivity index (χ0v) is 10.2. The van der Waals surface area contributed by atoms with Gasteiger partial charge in [0.05, 0.1) is 20.0 Å². The summed E-state index contributed by atoms with van der Waals surface area (Å²) in [5.41, 5.74) is 0.303. The van der Waals surface area contributed by atoms with Crippen LogP contribution in [-0.4, -0.2) is 35.9 Å². The molecule has 0 spiro atoms. The number of carbonyl (C=O) groups is 1. The van der Waals surface area contributed by atoms with Crippen LogP contribution < -0.4 is 0 Å². The molecule has 0 radical (unpaired) electrons. The largest absolute Gasteiger partial charge is 0.464 e. The standard InChI is InChI=1S/C7H10O2.C5H6N2O2/c1-2-8-7-5-3-4-6-9-7;1-9-5(8)4-2-6-3-7-4/h1,7H,3-6H2;2-3H,1H3,(H,6,7). The first kappa shape index (κ1) is 14.1. The van der Waals surface area contributed by atoms with Crippen LogP contribution >= 0.6 is 0 Å². The Bertz CT molecular complexity index is 377. The number of aromatic nitrogens is 2. The van der Waals surface area contributed by atoms with Gasteiger partial charge >= 0.3 is 5.97 Å². The van der Waals surface area contributed by atoms with Crippen molar-refractivity contribution < 1.29 is 19.0 Å². The molecule has 1 aromatic heterocycles. The minimum atomic E-state index is -0.420. The number of nitrogens with one attached hydrogen (secondary N) is 1. The number of hydrogen-bond acceptors (Lipinski definition) is 5. The van der Waals surface area contributed by atoms with Crippen molar-refractivity contribution >= 4 is 5.97 Å². The summed E-state index contributed by atoms with van der Waals surface area (Å²) in [6.45, 7) is 0.784. The molecule has 1 fully saturated rings. The number of terminal acetylenes is 1. The van der Waals surface area contributed by atoms with Crippen molar-refractivity contribution in [3.63, 3.8) is 0 Å². The molecule has 1 aliphatic rings. The highest BCUT2D eigenvalue weighted by Crippen LogP contribution is 2.12. The van der Waals surface area contributed by atoms with E-state index in [1.54, 1.807) is 0 Å². The van der Waals surface area contributed by atoms with Crippen LogP contribution in [0, 0.1) is 12.5 Å². The molecule has 1 aliphatic heterocycles. The number of imidazole rings is 1. The Morgan fingerprint density at radius 2 is 2.50 bits per heavy atom. The molecule has 0 aliphatic carbocycles. The van der Waals surface area contributed by atoms with Crippen molar-refractivity contribution in [2.45, 2.75) is 25.6 Å². The molecule has 1 saturated heterocycles. The number of methoxy groups -OCH3 is 1. The first-order valence-electron chi connectivity index (χ1n) is 5.58. The average Bonchev–Trinajstić information content (AvgIpc) is 2.94. The summed E-state index contributed by atoms with van der Waals surface area (Å²) in [7, 11) is 1.32. The second kappa shape index (κ2) is 8.14. The van der Waals surface area contributed by atoms with E-state index in [2.05, 4.69) is 20.8 Å². The molecule has 18 heavy (non-hydrogen) atoms. The molecular formula is C12H16N2O4. The van der Waals surface area contributed by atoms with E-state index in [4.69, 9.17) is 15.9 Å². The van der Waals surface area contributed by atoms with Gasteiger partial charge < -0.3 is 19.2 Å². The van der Waals surface area contributed by atoms with Gasteiger partial charge in [-0.3, -0.25) is 0 Å². The van der Waals surface area contributed by atoms with E-state index in [9.17, 15) is 4.79 Å². The molecule has 1 atom stereocenters. The number of nitrogens with zero attached hydrogens (tertiary/aromatic N) is 1. The molecule has 6 nitrogen and oxygen atoms in total. The number of hydrogen-bond donors (Lipinski definition) is 1. The fourth-order valence-corrected chi connectivity index (χ4v) is 1.36. The van der Waals surface area contributed by atoms with Gasteiger partial charge in [0.2, 0.25) is 6.29 Å². The minimum absolute atomic E-state index is 0.135. The van der Waals surface area contributed by atoms with E-state index in [0.717, 1.165) is 25.9 Å². The maximum absolute atomic E-state index is 10.6. The van der Waals surface area contributed by atoms with Gasteiger partial charge in [-0.15, -0.1) is 0 Å². The molecule has 0 bridgehead atoms. The lowest BCUT2D eigenvalue weighted by Crippen LogP contribution is -2.20. The Balaban J connectivity index is 0.000000180. The SMILES string of the molecule is C#COC1CCCCO1.COC(=O)c1c[nH]cn1. The molecule has 0 aromatic carbocycles. The summed E-state index contributed by atoms with van der Waals surface area (Å²) in [6, 6.07) is 0. The molecule has 1 unspecified atom stereocenters. The van der Waals surface area contributed by atoms with Crippen molar-refractivity contribution in [3.05, 3.63) is 18.2 Å². The predicted octanol–water partition coefficient (Wildman–Crippen LogP) is 1.32. The van der Waals surface area contributed by atoms with Gasteiger partial charge in [-0.25, -0.2) is 9.78 Å². The Kier molecular flexibility index (Phi) is 6.36. The fraction of sp³-hybridized carbons (Fsp3) is 0.500. The third kappa shape index (κ3) is 4.89. The van der Waals surface area contributed by atoms with Crippen molar-refractivity contribution in [1.82, 2.24) is 9.97 Å². The second-order valence-corrected chi connectivity index (χ2v) is 3.48. The molecule has 1 N–H and O–H groups in total.